The first-order chi connectivity index (χ1) is 16.9. The van der Waals surface area contributed by atoms with E-state index in [0.717, 1.165) is 21.6 Å². The van der Waals surface area contributed by atoms with E-state index in [1.54, 1.807) is 0 Å². The number of carboxylic acids is 2. The Morgan fingerprint density at radius 2 is 1.61 bits per heavy atom. The lowest BCUT2D eigenvalue weighted by molar-refractivity contribution is -0.141. The monoisotopic (exact) mass is 550 g/mol. The van der Waals surface area contributed by atoms with Gasteiger partial charge in [0.1, 0.15) is 18.1 Å². The molecule has 1 heterocycles. The zero-order valence-electron chi connectivity index (χ0n) is 19.1. The van der Waals surface area contributed by atoms with Crippen LogP contribution in [0.2, 0.25) is 0 Å². The number of hydrogen-bond acceptors (Lipinski definition) is 10. The number of nitrogens with one attached hydrogen (secondary N) is 4. The van der Waals surface area contributed by atoms with Gasteiger partial charge in [-0.15, -0.1) is 0 Å². The van der Waals surface area contributed by atoms with Crippen LogP contribution in [0.15, 0.2) is 4.99 Å². The van der Waals surface area contributed by atoms with E-state index in [1.807, 2.05) is 0 Å². The van der Waals surface area contributed by atoms with Gasteiger partial charge in [0, 0.05) is 18.1 Å². The van der Waals surface area contributed by atoms with E-state index in [-0.39, 0.29) is 36.9 Å². The van der Waals surface area contributed by atoms with E-state index in [9.17, 15) is 33.9 Å². The number of nitrogens with two attached hydrogens (primary N) is 3. The van der Waals surface area contributed by atoms with Crippen molar-refractivity contribution in [2.75, 3.05) is 24.6 Å². The number of carboxylic acid groups (broad SMARTS) is 2. The van der Waals surface area contributed by atoms with E-state index in [0.29, 0.717) is 0 Å². The van der Waals surface area contributed by atoms with E-state index in [4.69, 9.17) is 22.3 Å². The van der Waals surface area contributed by atoms with Gasteiger partial charge in [-0.25, -0.2) is 4.79 Å². The molecule has 202 valence electrons. The number of rotatable bonds is 7. The summed E-state index contributed by atoms with van der Waals surface area (Å²) >= 11 is 0. The van der Waals surface area contributed by atoms with Crippen molar-refractivity contribution in [2.45, 2.75) is 43.4 Å². The van der Waals surface area contributed by atoms with E-state index in [2.05, 4.69) is 26.3 Å². The maximum Gasteiger partial charge on any atom is 0.327 e. The average Bonchev–Trinajstić information content (AvgIpc) is 2.79. The van der Waals surface area contributed by atoms with Gasteiger partial charge in [0.25, 0.3) is 0 Å². The minimum atomic E-state index is -1.50. The van der Waals surface area contributed by atoms with Crippen molar-refractivity contribution >= 4 is 63.1 Å². The van der Waals surface area contributed by atoms with Crippen molar-refractivity contribution in [3.05, 3.63) is 0 Å². The summed E-state index contributed by atoms with van der Waals surface area (Å²) in [5.41, 5.74) is 16.3. The van der Waals surface area contributed by atoms with Crippen LogP contribution in [0.4, 0.5) is 0 Å². The van der Waals surface area contributed by atoms with Crippen LogP contribution in [0.3, 0.4) is 0 Å². The van der Waals surface area contributed by atoms with E-state index in [1.165, 1.54) is 0 Å². The van der Waals surface area contributed by atoms with Crippen molar-refractivity contribution in [3.8, 4) is 0 Å². The number of aliphatic carboxylic acids is 2. The highest BCUT2D eigenvalue weighted by molar-refractivity contribution is 8.76. The molecule has 0 radical (unpaired) electrons. The highest BCUT2D eigenvalue weighted by Crippen LogP contribution is 2.23. The Labute approximate surface area is 213 Å². The largest absolute Gasteiger partial charge is 0.481 e. The molecule has 0 aromatic rings. The number of amides is 4. The van der Waals surface area contributed by atoms with Gasteiger partial charge in [-0.05, 0) is 12.8 Å². The summed E-state index contributed by atoms with van der Waals surface area (Å²) in [6.07, 6.45) is -0.456. The van der Waals surface area contributed by atoms with Gasteiger partial charge in [0.15, 0.2) is 5.96 Å². The third-order valence-electron chi connectivity index (χ3n) is 4.55. The van der Waals surface area contributed by atoms with E-state index < -0.39 is 72.7 Å². The first-order valence-corrected chi connectivity index (χ1v) is 13.1. The van der Waals surface area contributed by atoms with Crippen molar-refractivity contribution in [1.82, 2.24) is 21.3 Å². The van der Waals surface area contributed by atoms with Crippen LogP contribution in [0.25, 0.3) is 0 Å². The van der Waals surface area contributed by atoms with Gasteiger partial charge in [0.2, 0.25) is 23.6 Å². The van der Waals surface area contributed by atoms with Gasteiger partial charge in [-0.1, -0.05) is 21.6 Å². The number of carbonyl (C=O) groups excluding carboxylic acids is 4. The summed E-state index contributed by atoms with van der Waals surface area (Å²) in [5.74, 6) is -6.28. The third-order valence-corrected chi connectivity index (χ3v) is 7.00. The second kappa shape index (κ2) is 15.7. The lowest BCUT2D eigenvalue weighted by Crippen LogP contribution is -2.55. The number of carbonyl (C=O) groups is 6. The molecule has 0 aliphatic carbocycles. The number of nitrogens with zero attached hydrogens (tertiary/aromatic N) is 1. The lowest BCUT2D eigenvalue weighted by atomic mass is 10.1. The molecule has 36 heavy (non-hydrogen) atoms. The van der Waals surface area contributed by atoms with Crippen LogP contribution in [0.5, 0.6) is 0 Å². The Morgan fingerprint density at radius 3 is 2.22 bits per heavy atom. The van der Waals surface area contributed by atoms with Gasteiger partial charge in [0.05, 0.1) is 19.0 Å². The van der Waals surface area contributed by atoms with Crippen LogP contribution in [0, 0.1) is 0 Å². The summed E-state index contributed by atoms with van der Waals surface area (Å²) in [7, 11) is 2.09. The summed E-state index contributed by atoms with van der Waals surface area (Å²) in [6.45, 7) is -0.507. The Morgan fingerprint density at radius 1 is 0.944 bits per heavy atom. The minimum absolute atomic E-state index is 0.00561. The van der Waals surface area contributed by atoms with Crippen LogP contribution in [-0.4, -0.2) is 101 Å². The molecule has 0 bridgehead atoms. The SMILES string of the molecule is NC(N)=NCCC[C@@H]1NC(=O)CNC(=O)[C@H](CC(=O)O)NC(=O)[C@@H](N)CSSC[C@@H](C(=O)O)NC1=O. The molecule has 1 rings (SSSR count). The molecule has 0 unspecified atom stereocenters. The van der Waals surface area contributed by atoms with Gasteiger partial charge in [-0.3, -0.25) is 29.0 Å². The first kappa shape index (κ1) is 30.8. The molecule has 0 aromatic carbocycles. The molecular formula is C18H30N8O8S2. The molecule has 16 nitrogen and oxygen atoms in total. The van der Waals surface area contributed by atoms with Gasteiger partial charge in [-0.2, -0.15) is 0 Å². The molecule has 4 amide bonds. The second-order valence-corrected chi connectivity index (χ2v) is 10.1. The van der Waals surface area contributed by atoms with Crippen molar-refractivity contribution in [2.24, 2.45) is 22.2 Å². The molecule has 0 spiro atoms. The van der Waals surface area contributed by atoms with Crippen molar-refractivity contribution in [3.63, 3.8) is 0 Å². The maximum absolute atomic E-state index is 12.8. The third kappa shape index (κ3) is 11.9. The molecule has 0 aromatic heterocycles. The predicted octanol–water partition coefficient (Wildman–Crippen LogP) is -4.11. The minimum Gasteiger partial charge on any atom is -0.481 e. The molecule has 12 N–H and O–H groups in total. The van der Waals surface area contributed by atoms with E-state index >= 15 is 0 Å². The quantitative estimate of drug-likeness (QED) is 0.0631. The highest BCUT2D eigenvalue weighted by Gasteiger charge is 2.29. The maximum atomic E-state index is 12.8. The summed E-state index contributed by atoms with van der Waals surface area (Å²) in [4.78, 5) is 76.4. The van der Waals surface area contributed by atoms with Crippen LogP contribution in [0.1, 0.15) is 19.3 Å². The molecule has 1 saturated heterocycles. The molecule has 1 aliphatic heterocycles. The Bertz CT molecular complexity index is 870. The fourth-order valence-corrected chi connectivity index (χ4v) is 5.01. The molecular weight excluding hydrogens is 520 g/mol. The normalized spacial score (nSPS) is 24.8. The summed E-state index contributed by atoms with van der Waals surface area (Å²) in [5, 5.41) is 27.7. The Hall–Kier alpha value is -3.25. The highest BCUT2D eigenvalue weighted by atomic mass is 33.1. The first-order valence-electron chi connectivity index (χ1n) is 10.6. The Balaban J connectivity index is 3.08. The number of aliphatic imine (C=N–C) groups is 1. The van der Waals surface area contributed by atoms with Crippen LogP contribution in [-0.2, 0) is 28.8 Å². The molecule has 1 fully saturated rings. The smallest absolute Gasteiger partial charge is 0.327 e. The van der Waals surface area contributed by atoms with Gasteiger partial charge < -0.3 is 48.7 Å². The van der Waals surface area contributed by atoms with Gasteiger partial charge >= 0.3 is 11.9 Å². The zero-order chi connectivity index (χ0) is 27.3. The second-order valence-electron chi connectivity index (χ2n) is 7.52. The molecule has 18 heteroatoms. The molecule has 1 aliphatic rings. The van der Waals surface area contributed by atoms with Crippen LogP contribution >= 0.6 is 21.6 Å². The van der Waals surface area contributed by atoms with Crippen LogP contribution < -0.4 is 38.5 Å². The average molecular weight is 551 g/mol. The fourth-order valence-electron chi connectivity index (χ4n) is 2.73. The lowest BCUT2D eigenvalue weighted by Gasteiger charge is -2.21. The summed E-state index contributed by atoms with van der Waals surface area (Å²) in [6, 6.07) is -5.13. The standard InChI is InChI=1S/C18H30N8O8S2/c19-8-6-35-36-7-11(17(33)34)26-16(32)9(2-1-3-22-18(20)21)24-12(27)5-23-15(31)10(4-13(28)29)25-14(8)30/h8-11H,1-7,19H2,(H,23,31)(H,24,27)(H,25,30)(H,26,32)(H,28,29)(H,33,34)(H4,20,21,22)/t8-,9-,10-,11-/m0/s1. The number of hydrogen-bond donors (Lipinski definition) is 9. The predicted molar refractivity (Wildman–Crippen MR) is 131 cm³/mol. The molecule has 4 atom stereocenters. The Kier molecular flexibility index (Phi) is 13.4. The summed E-state index contributed by atoms with van der Waals surface area (Å²) < 4.78 is 0. The zero-order valence-corrected chi connectivity index (χ0v) is 20.7. The fraction of sp³-hybridized carbons (Fsp3) is 0.611. The topological polar surface area (TPSA) is 281 Å². The van der Waals surface area contributed by atoms with Crippen molar-refractivity contribution < 1.29 is 39.0 Å². The molecule has 0 saturated carbocycles. The van der Waals surface area contributed by atoms with Crippen molar-refractivity contribution in [1.29, 1.82) is 0 Å². The number of guanidine groups is 1.